The highest BCUT2D eigenvalue weighted by Crippen LogP contribution is 2.32. The minimum absolute atomic E-state index is 0.123. The number of hydrogen-bond acceptors (Lipinski definition) is 6. The van der Waals surface area contributed by atoms with Gasteiger partial charge in [0.25, 0.3) is 5.91 Å². The molecule has 2 aromatic rings. The van der Waals surface area contributed by atoms with Crippen molar-refractivity contribution in [2.75, 3.05) is 11.9 Å². The molecule has 122 valence electrons. The number of nitrogens with zero attached hydrogens (tertiary/aromatic N) is 2. The Labute approximate surface area is 160 Å². The maximum absolute atomic E-state index is 12.5. The van der Waals surface area contributed by atoms with Crippen molar-refractivity contribution in [1.82, 2.24) is 9.88 Å². The van der Waals surface area contributed by atoms with Crippen molar-refractivity contribution >= 4 is 78.6 Å². The van der Waals surface area contributed by atoms with Crippen LogP contribution in [0.1, 0.15) is 5.56 Å². The van der Waals surface area contributed by atoms with Crippen molar-refractivity contribution in [1.29, 1.82) is 0 Å². The normalized spacial score (nSPS) is 16.0. The molecule has 5 nitrogen and oxygen atoms in total. The van der Waals surface area contributed by atoms with Crippen LogP contribution in [-0.2, 0) is 9.59 Å². The van der Waals surface area contributed by atoms with Gasteiger partial charge in [-0.3, -0.25) is 14.5 Å². The molecular formula is C15H10BrN3O2S3. The quantitative estimate of drug-likeness (QED) is 0.580. The molecule has 1 fully saturated rings. The van der Waals surface area contributed by atoms with Crippen molar-refractivity contribution in [3.63, 3.8) is 0 Å². The third kappa shape index (κ3) is 4.10. The Balaban J connectivity index is 1.69. The van der Waals surface area contributed by atoms with Gasteiger partial charge in [-0.1, -0.05) is 52.0 Å². The summed E-state index contributed by atoms with van der Waals surface area (Å²) in [5.41, 5.74) is 0.894. The van der Waals surface area contributed by atoms with Crippen LogP contribution in [0.15, 0.2) is 45.2 Å². The van der Waals surface area contributed by atoms with Gasteiger partial charge in [0.2, 0.25) is 5.91 Å². The molecule has 0 radical (unpaired) electrons. The van der Waals surface area contributed by atoms with Gasteiger partial charge in [-0.2, -0.15) is 0 Å². The second kappa shape index (κ2) is 7.56. The molecule has 9 heteroatoms. The molecule has 2 heterocycles. The van der Waals surface area contributed by atoms with Gasteiger partial charge in [-0.15, -0.1) is 11.3 Å². The third-order valence-electron chi connectivity index (χ3n) is 3.02. The van der Waals surface area contributed by atoms with E-state index in [0.717, 1.165) is 10.0 Å². The fourth-order valence-electron chi connectivity index (χ4n) is 1.93. The predicted molar refractivity (Wildman–Crippen MR) is 105 cm³/mol. The fraction of sp³-hybridized carbons (Fsp3) is 0.0667. The minimum Gasteiger partial charge on any atom is -0.300 e. The lowest BCUT2D eigenvalue weighted by Crippen LogP contribution is -2.36. The summed E-state index contributed by atoms with van der Waals surface area (Å²) in [6.07, 6.45) is 3.37. The standard InChI is InChI=1S/C15H10BrN3O2S3/c16-10-3-1-9(2-4-10)7-11-13(21)19(15(22)24-11)8-12(20)18-14-17-5-6-23-14/h1-7H,8H2,(H,17,18,20)/b11-7+. The van der Waals surface area contributed by atoms with Gasteiger partial charge in [0.15, 0.2) is 5.13 Å². The monoisotopic (exact) mass is 439 g/mol. The zero-order valence-corrected chi connectivity index (χ0v) is 16.1. The van der Waals surface area contributed by atoms with Crippen LogP contribution < -0.4 is 5.32 Å². The number of hydrogen-bond donors (Lipinski definition) is 1. The van der Waals surface area contributed by atoms with Crippen molar-refractivity contribution < 1.29 is 9.59 Å². The lowest BCUT2D eigenvalue weighted by Gasteiger charge is -2.13. The van der Waals surface area contributed by atoms with Crippen LogP contribution in [0.4, 0.5) is 5.13 Å². The summed E-state index contributed by atoms with van der Waals surface area (Å²) in [6, 6.07) is 7.58. The van der Waals surface area contributed by atoms with Crippen LogP contribution in [-0.4, -0.2) is 32.6 Å². The van der Waals surface area contributed by atoms with E-state index in [9.17, 15) is 9.59 Å². The fourth-order valence-corrected chi connectivity index (χ4v) is 4.00. The molecule has 1 aliphatic rings. The van der Waals surface area contributed by atoms with Crippen LogP contribution in [0.2, 0.25) is 0 Å². The molecule has 0 bridgehead atoms. The number of amides is 2. The largest absolute Gasteiger partial charge is 0.300 e. The van der Waals surface area contributed by atoms with E-state index < -0.39 is 0 Å². The Bertz CT molecular complexity index is 819. The van der Waals surface area contributed by atoms with E-state index in [0.29, 0.717) is 14.4 Å². The maximum atomic E-state index is 12.5. The second-order valence-electron chi connectivity index (χ2n) is 4.70. The van der Waals surface area contributed by atoms with Crippen LogP contribution in [0.3, 0.4) is 0 Å². The Morgan fingerprint density at radius 1 is 1.38 bits per heavy atom. The molecule has 2 amide bonds. The average Bonchev–Trinajstić information content (AvgIpc) is 3.14. The Kier molecular flexibility index (Phi) is 5.44. The van der Waals surface area contributed by atoms with E-state index in [1.807, 2.05) is 24.3 Å². The van der Waals surface area contributed by atoms with Crippen LogP contribution in [0.5, 0.6) is 0 Å². The first-order chi connectivity index (χ1) is 11.5. The molecule has 3 rings (SSSR count). The lowest BCUT2D eigenvalue weighted by atomic mass is 10.2. The predicted octanol–water partition coefficient (Wildman–Crippen LogP) is 3.75. The molecule has 0 saturated carbocycles. The van der Waals surface area contributed by atoms with Gasteiger partial charge in [0, 0.05) is 16.0 Å². The van der Waals surface area contributed by atoms with Gasteiger partial charge in [-0.25, -0.2) is 4.98 Å². The highest BCUT2D eigenvalue weighted by molar-refractivity contribution is 9.10. The smallest absolute Gasteiger partial charge is 0.266 e. The number of thioether (sulfide) groups is 1. The topological polar surface area (TPSA) is 62.3 Å². The van der Waals surface area contributed by atoms with Crippen molar-refractivity contribution in [2.24, 2.45) is 0 Å². The van der Waals surface area contributed by atoms with E-state index in [-0.39, 0.29) is 18.4 Å². The number of carbonyl (C=O) groups excluding carboxylic acids is 2. The Hall–Kier alpha value is -1.55. The van der Waals surface area contributed by atoms with E-state index in [4.69, 9.17) is 12.2 Å². The van der Waals surface area contributed by atoms with Crippen LogP contribution in [0.25, 0.3) is 6.08 Å². The van der Waals surface area contributed by atoms with E-state index in [1.165, 1.54) is 28.0 Å². The van der Waals surface area contributed by atoms with Crippen LogP contribution in [0, 0.1) is 0 Å². The van der Waals surface area contributed by atoms with E-state index in [1.54, 1.807) is 17.7 Å². The first-order valence-electron chi connectivity index (χ1n) is 6.73. The zero-order valence-electron chi connectivity index (χ0n) is 12.1. The van der Waals surface area contributed by atoms with Crippen LogP contribution >= 0.6 is 51.2 Å². The number of thiazole rings is 1. The first-order valence-corrected chi connectivity index (χ1v) is 9.63. The number of nitrogens with one attached hydrogen (secondary N) is 1. The molecule has 1 aromatic heterocycles. The number of anilines is 1. The maximum Gasteiger partial charge on any atom is 0.266 e. The second-order valence-corrected chi connectivity index (χ2v) is 8.19. The molecular weight excluding hydrogens is 430 g/mol. The number of aromatic nitrogens is 1. The SMILES string of the molecule is O=C(CN1C(=O)/C(=C\c2ccc(Br)cc2)SC1=S)Nc1nccs1. The number of rotatable bonds is 4. The molecule has 1 aromatic carbocycles. The molecule has 1 saturated heterocycles. The number of thiocarbonyl (C=S) groups is 1. The Morgan fingerprint density at radius 3 is 2.79 bits per heavy atom. The first kappa shape index (κ1) is 17.3. The van der Waals surface area contributed by atoms with Gasteiger partial charge >= 0.3 is 0 Å². The summed E-state index contributed by atoms with van der Waals surface area (Å²) in [5.74, 6) is -0.589. The molecule has 0 spiro atoms. The zero-order chi connectivity index (χ0) is 17.1. The molecule has 0 atom stereocenters. The Morgan fingerprint density at radius 2 is 2.12 bits per heavy atom. The minimum atomic E-state index is -0.328. The number of benzene rings is 1. The highest BCUT2D eigenvalue weighted by atomic mass is 79.9. The lowest BCUT2D eigenvalue weighted by molar-refractivity contribution is -0.126. The van der Waals surface area contributed by atoms with Gasteiger partial charge in [-0.05, 0) is 23.8 Å². The molecule has 24 heavy (non-hydrogen) atoms. The van der Waals surface area contributed by atoms with E-state index in [2.05, 4.69) is 26.2 Å². The van der Waals surface area contributed by atoms with Crippen molar-refractivity contribution in [3.05, 3.63) is 50.8 Å². The number of carbonyl (C=O) groups is 2. The number of halogens is 1. The van der Waals surface area contributed by atoms with Gasteiger partial charge in [0.1, 0.15) is 10.9 Å². The molecule has 0 aliphatic carbocycles. The molecule has 1 N–H and O–H groups in total. The van der Waals surface area contributed by atoms with Crippen molar-refractivity contribution in [3.8, 4) is 0 Å². The van der Waals surface area contributed by atoms with Gasteiger partial charge in [0.05, 0.1) is 4.91 Å². The summed E-state index contributed by atoms with van der Waals surface area (Å²) in [5, 5.41) is 4.90. The molecule has 0 unspecified atom stereocenters. The summed E-state index contributed by atoms with van der Waals surface area (Å²) in [7, 11) is 0. The van der Waals surface area contributed by atoms with Gasteiger partial charge < -0.3 is 5.32 Å². The highest BCUT2D eigenvalue weighted by Gasteiger charge is 2.33. The summed E-state index contributed by atoms with van der Waals surface area (Å²) >= 11 is 11.1. The molecule has 1 aliphatic heterocycles. The summed E-state index contributed by atoms with van der Waals surface area (Å²) in [6.45, 7) is -0.123. The average molecular weight is 440 g/mol. The third-order valence-corrected chi connectivity index (χ3v) is 5.62. The van der Waals surface area contributed by atoms with E-state index >= 15 is 0 Å². The summed E-state index contributed by atoms with van der Waals surface area (Å²) < 4.78 is 1.34. The summed E-state index contributed by atoms with van der Waals surface area (Å²) in [4.78, 5) is 30.3. The van der Waals surface area contributed by atoms with Crippen molar-refractivity contribution in [2.45, 2.75) is 0 Å².